The first-order valence-electron chi connectivity index (χ1n) is 11.4. The molecule has 4 saturated carbocycles. The van der Waals surface area contributed by atoms with Crippen LogP contribution in [0.3, 0.4) is 0 Å². The van der Waals surface area contributed by atoms with Gasteiger partial charge in [-0.25, -0.2) is 0 Å². The predicted octanol–water partition coefficient (Wildman–Crippen LogP) is 3.62. The summed E-state index contributed by atoms with van der Waals surface area (Å²) in [6.07, 6.45) is -1.49. The quantitative estimate of drug-likeness (QED) is 0.613. The summed E-state index contributed by atoms with van der Waals surface area (Å²) in [5.74, 6) is 0.698. The van der Waals surface area contributed by atoms with Crippen molar-refractivity contribution < 1.29 is 37.3 Å². The third-order valence-corrected chi connectivity index (χ3v) is 7.66. The van der Waals surface area contributed by atoms with Gasteiger partial charge in [0.25, 0.3) is 5.91 Å². The summed E-state index contributed by atoms with van der Waals surface area (Å²) in [5, 5.41) is 18.4. The SMILES string of the molecule is O=C(NC12CC(n3cc(O[C@H]4C[C@@H](OC(F)(F)F)C4)cn3)(C1)C2)[C@@H]1C[C@@H](O)c2cc(Cl)ccc2O1. The zero-order valence-electron chi connectivity index (χ0n) is 18.4. The largest absolute Gasteiger partial charge is 0.522 e. The van der Waals surface area contributed by atoms with Crippen LogP contribution in [0.25, 0.3) is 0 Å². The molecular formula is C23H23ClF3N3O5. The Morgan fingerprint density at radius 1 is 1.23 bits per heavy atom. The maximum absolute atomic E-state index is 12.9. The van der Waals surface area contributed by atoms with E-state index in [1.807, 2.05) is 4.68 Å². The number of amides is 1. The summed E-state index contributed by atoms with van der Waals surface area (Å²) in [6, 6.07) is 4.95. The fourth-order valence-electron chi connectivity index (χ4n) is 5.75. The lowest BCUT2D eigenvalue weighted by Gasteiger charge is -2.70. The number of rotatable bonds is 6. The molecule has 188 valence electrons. The van der Waals surface area contributed by atoms with Crippen molar-refractivity contribution in [2.45, 2.75) is 80.4 Å². The van der Waals surface area contributed by atoms with Crippen molar-refractivity contribution in [1.29, 1.82) is 0 Å². The van der Waals surface area contributed by atoms with Crippen LogP contribution in [0.1, 0.15) is 50.2 Å². The zero-order valence-corrected chi connectivity index (χ0v) is 19.2. The number of halogens is 4. The summed E-state index contributed by atoms with van der Waals surface area (Å²) < 4.78 is 54.1. The smallest absolute Gasteiger partial charge is 0.487 e. The minimum atomic E-state index is -4.63. The molecule has 2 heterocycles. The minimum Gasteiger partial charge on any atom is -0.487 e. The first-order chi connectivity index (χ1) is 16.5. The second kappa shape index (κ2) is 7.75. The van der Waals surface area contributed by atoms with Gasteiger partial charge >= 0.3 is 6.36 Å². The Kier molecular flexibility index (Phi) is 5.08. The van der Waals surface area contributed by atoms with E-state index in [-0.39, 0.29) is 42.4 Å². The van der Waals surface area contributed by atoms with Gasteiger partial charge in [0.15, 0.2) is 11.9 Å². The third-order valence-electron chi connectivity index (χ3n) is 7.42. The number of aromatic nitrogens is 2. The van der Waals surface area contributed by atoms with Crippen molar-refractivity contribution in [3.8, 4) is 11.5 Å². The Morgan fingerprint density at radius 2 is 1.97 bits per heavy atom. The van der Waals surface area contributed by atoms with E-state index in [0.717, 1.165) is 0 Å². The van der Waals surface area contributed by atoms with Crippen molar-refractivity contribution in [3.63, 3.8) is 0 Å². The molecule has 2 bridgehead atoms. The van der Waals surface area contributed by atoms with Crippen molar-refractivity contribution >= 4 is 17.5 Å². The Hall–Kier alpha value is -2.50. The van der Waals surface area contributed by atoms with Crippen LogP contribution < -0.4 is 14.8 Å². The molecule has 35 heavy (non-hydrogen) atoms. The lowest BCUT2D eigenvalue weighted by atomic mass is 9.44. The average molecular weight is 514 g/mol. The van der Waals surface area contributed by atoms with Crippen molar-refractivity contribution in [2.24, 2.45) is 0 Å². The number of carbonyl (C=O) groups excluding carboxylic acids is 1. The van der Waals surface area contributed by atoms with Gasteiger partial charge in [-0.1, -0.05) is 11.6 Å². The molecule has 7 rings (SSSR count). The van der Waals surface area contributed by atoms with E-state index >= 15 is 0 Å². The lowest BCUT2D eigenvalue weighted by Crippen LogP contribution is -2.79. The van der Waals surface area contributed by atoms with Crippen LogP contribution in [0.15, 0.2) is 30.6 Å². The van der Waals surface area contributed by atoms with Gasteiger partial charge in [-0.05, 0) is 37.5 Å². The van der Waals surface area contributed by atoms with Gasteiger partial charge in [0.05, 0.1) is 30.1 Å². The van der Waals surface area contributed by atoms with Crippen LogP contribution in [0, 0.1) is 0 Å². The summed E-state index contributed by atoms with van der Waals surface area (Å²) in [4.78, 5) is 12.9. The molecule has 0 unspecified atom stereocenters. The number of benzene rings is 1. The topological polar surface area (TPSA) is 94.8 Å². The van der Waals surface area contributed by atoms with Gasteiger partial charge in [0.2, 0.25) is 0 Å². The highest BCUT2D eigenvalue weighted by molar-refractivity contribution is 6.30. The molecular weight excluding hydrogens is 491 g/mol. The van der Waals surface area contributed by atoms with Crippen LogP contribution >= 0.6 is 11.6 Å². The van der Waals surface area contributed by atoms with Crippen LogP contribution in [-0.2, 0) is 15.1 Å². The molecule has 2 N–H and O–H groups in total. The highest BCUT2D eigenvalue weighted by Crippen LogP contribution is 2.65. The second-order valence-electron chi connectivity index (χ2n) is 10.1. The normalized spacial score (nSPS) is 35.0. The number of alkyl halides is 3. The monoisotopic (exact) mass is 513 g/mol. The molecule has 2 atom stereocenters. The third kappa shape index (κ3) is 4.13. The molecule has 1 amide bonds. The summed E-state index contributed by atoms with van der Waals surface area (Å²) in [7, 11) is 0. The number of hydrogen-bond donors (Lipinski definition) is 2. The highest BCUT2D eigenvalue weighted by atomic mass is 35.5. The van der Waals surface area contributed by atoms with E-state index < -0.39 is 24.7 Å². The number of nitrogens with one attached hydrogen (secondary N) is 1. The number of carbonyl (C=O) groups is 1. The summed E-state index contributed by atoms with van der Waals surface area (Å²) in [6.45, 7) is 0. The molecule has 0 radical (unpaired) electrons. The molecule has 4 fully saturated rings. The average Bonchev–Trinajstić information content (AvgIpc) is 3.15. The second-order valence-corrected chi connectivity index (χ2v) is 10.5. The molecule has 12 heteroatoms. The predicted molar refractivity (Wildman–Crippen MR) is 115 cm³/mol. The van der Waals surface area contributed by atoms with E-state index in [0.29, 0.717) is 41.3 Å². The van der Waals surface area contributed by atoms with Gasteiger partial charge in [-0.15, -0.1) is 13.2 Å². The van der Waals surface area contributed by atoms with Gasteiger partial charge in [-0.3, -0.25) is 14.2 Å². The maximum atomic E-state index is 12.9. The van der Waals surface area contributed by atoms with Crippen molar-refractivity contribution in [1.82, 2.24) is 15.1 Å². The molecule has 2 aromatic rings. The van der Waals surface area contributed by atoms with Gasteiger partial charge in [-0.2, -0.15) is 5.10 Å². The Bertz CT molecular complexity index is 1150. The zero-order chi connectivity index (χ0) is 24.6. The molecule has 4 aliphatic carbocycles. The van der Waals surface area contributed by atoms with E-state index in [2.05, 4.69) is 15.2 Å². The summed E-state index contributed by atoms with van der Waals surface area (Å²) >= 11 is 5.98. The number of ether oxygens (including phenoxy) is 3. The number of hydrogen-bond acceptors (Lipinski definition) is 6. The Balaban J connectivity index is 1.00. The fourth-order valence-corrected chi connectivity index (χ4v) is 5.93. The van der Waals surface area contributed by atoms with E-state index in [1.54, 1.807) is 30.6 Å². The molecule has 1 aliphatic heterocycles. The van der Waals surface area contributed by atoms with Gasteiger partial charge in [0.1, 0.15) is 11.9 Å². The standard InChI is InChI=1S/C23H23ClF3N3O5/c24-12-1-2-18-16(3-12)17(31)6-19(34-18)20(32)29-21-9-22(10-21,11-21)30-8-15(7-28-30)33-13-4-14(5-13)35-23(25,26)27/h1-3,7-8,13-14,17,19,31H,4-6,9-11H2,(H,29,32)/t13-,14+,17-,19+,21?,22?/m1/s1. The minimum absolute atomic E-state index is 0.149. The lowest BCUT2D eigenvalue weighted by molar-refractivity contribution is -0.355. The molecule has 0 spiro atoms. The Labute approximate surface area is 203 Å². The fraction of sp³-hybridized carbons (Fsp3) is 0.565. The Morgan fingerprint density at radius 3 is 2.69 bits per heavy atom. The van der Waals surface area contributed by atoms with Crippen LogP contribution in [0.5, 0.6) is 11.5 Å². The number of aliphatic hydroxyl groups excluding tert-OH is 1. The van der Waals surface area contributed by atoms with Crippen LogP contribution in [0.2, 0.25) is 5.02 Å². The first-order valence-corrected chi connectivity index (χ1v) is 11.8. The maximum Gasteiger partial charge on any atom is 0.522 e. The number of aliphatic hydroxyl groups is 1. The molecule has 1 aromatic heterocycles. The molecule has 1 aromatic carbocycles. The van der Waals surface area contributed by atoms with Crippen LogP contribution in [-0.4, -0.2) is 51.0 Å². The number of fused-ring (bicyclic) bond motifs is 1. The van der Waals surface area contributed by atoms with Crippen LogP contribution in [0.4, 0.5) is 13.2 Å². The van der Waals surface area contributed by atoms with E-state index in [1.165, 1.54) is 0 Å². The molecule has 8 nitrogen and oxygen atoms in total. The van der Waals surface area contributed by atoms with Crippen molar-refractivity contribution in [2.75, 3.05) is 0 Å². The highest BCUT2D eigenvalue weighted by Gasteiger charge is 2.70. The molecule has 0 saturated heterocycles. The van der Waals surface area contributed by atoms with Gasteiger partial charge in [0, 0.05) is 35.4 Å². The number of nitrogens with zero attached hydrogens (tertiary/aromatic N) is 2. The molecule has 5 aliphatic rings. The van der Waals surface area contributed by atoms with E-state index in [9.17, 15) is 23.1 Å². The summed E-state index contributed by atoms with van der Waals surface area (Å²) in [5.41, 5.74) is 0.0506. The first kappa shape index (κ1) is 22.9. The van der Waals surface area contributed by atoms with Crippen molar-refractivity contribution in [3.05, 3.63) is 41.2 Å². The van der Waals surface area contributed by atoms with E-state index in [4.69, 9.17) is 21.1 Å². The van der Waals surface area contributed by atoms with Gasteiger partial charge < -0.3 is 19.9 Å².